The predicted octanol–water partition coefficient (Wildman–Crippen LogP) is 3.93. The molecule has 0 aliphatic carbocycles. The Morgan fingerprint density at radius 3 is 2.43 bits per heavy atom. The maximum atomic E-state index is 12.7. The summed E-state index contributed by atoms with van der Waals surface area (Å²) in [5, 5.41) is 9.67. The minimum atomic E-state index is 0.0741. The second-order valence-electron chi connectivity index (χ2n) is 7.67. The summed E-state index contributed by atoms with van der Waals surface area (Å²) in [6.45, 7) is 4.67. The van der Waals surface area contributed by atoms with Crippen LogP contribution in [0, 0.1) is 6.92 Å². The summed E-state index contributed by atoms with van der Waals surface area (Å²) in [6.07, 6.45) is 2.35. The average Bonchev–Trinajstić information content (AvgIpc) is 3.43. The molecule has 1 saturated heterocycles. The van der Waals surface area contributed by atoms with E-state index in [-0.39, 0.29) is 5.91 Å². The first kappa shape index (κ1) is 20.5. The summed E-state index contributed by atoms with van der Waals surface area (Å²) in [4.78, 5) is 16.8. The molecule has 6 nitrogen and oxygen atoms in total. The van der Waals surface area contributed by atoms with Crippen molar-refractivity contribution < 1.29 is 4.79 Å². The highest BCUT2D eigenvalue weighted by Gasteiger charge is 2.23. The van der Waals surface area contributed by atoms with E-state index in [1.807, 2.05) is 37.4 Å². The lowest BCUT2D eigenvalue weighted by molar-refractivity contribution is -0.127. The Morgan fingerprint density at radius 1 is 1.03 bits per heavy atom. The van der Waals surface area contributed by atoms with Gasteiger partial charge in [-0.05, 0) is 37.5 Å². The van der Waals surface area contributed by atoms with Gasteiger partial charge in [-0.3, -0.25) is 9.36 Å². The highest BCUT2D eigenvalue weighted by Crippen LogP contribution is 2.29. The Labute approximate surface area is 181 Å². The van der Waals surface area contributed by atoms with Crippen LogP contribution in [0.1, 0.15) is 24.0 Å². The van der Waals surface area contributed by atoms with Gasteiger partial charge in [0.05, 0.1) is 11.4 Å². The predicted molar refractivity (Wildman–Crippen MR) is 121 cm³/mol. The van der Waals surface area contributed by atoms with Crippen molar-refractivity contribution in [1.82, 2.24) is 19.7 Å². The van der Waals surface area contributed by atoms with E-state index in [1.165, 1.54) is 30.2 Å². The van der Waals surface area contributed by atoms with Crippen LogP contribution in [0.15, 0.2) is 59.8 Å². The summed E-state index contributed by atoms with van der Waals surface area (Å²) in [5.41, 5.74) is 3.36. The number of thioether (sulfide) groups is 1. The molecule has 0 atom stereocenters. The van der Waals surface area contributed by atoms with Crippen molar-refractivity contribution >= 4 is 23.6 Å². The standard InChI is InChI=1S/C23H27N5OS/c1-18-10-12-20(13-11-18)28-22(27-14-6-7-15-27)24-25-23(28)30-17-21(29)26(2)16-19-8-4-3-5-9-19/h3-5,8-13H,6-7,14-17H2,1-2H3. The fourth-order valence-corrected chi connectivity index (χ4v) is 4.47. The largest absolute Gasteiger partial charge is 0.341 e. The summed E-state index contributed by atoms with van der Waals surface area (Å²) in [6, 6.07) is 18.4. The van der Waals surface area contributed by atoms with E-state index in [0.29, 0.717) is 12.3 Å². The number of nitrogens with zero attached hydrogens (tertiary/aromatic N) is 5. The van der Waals surface area contributed by atoms with Crippen molar-refractivity contribution in [2.24, 2.45) is 0 Å². The van der Waals surface area contributed by atoms with E-state index in [9.17, 15) is 4.79 Å². The fourth-order valence-electron chi connectivity index (χ4n) is 3.58. The van der Waals surface area contributed by atoms with E-state index in [0.717, 1.165) is 35.4 Å². The van der Waals surface area contributed by atoms with E-state index < -0.39 is 0 Å². The second kappa shape index (κ2) is 9.34. The highest BCUT2D eigenvalue weighted by atomic mass is 32.2. The molecule has 0 spiro atoms. The highest BCUT2D eigenvalue weighted by molar-refractivity contribution is 7.99. The van der Waals surface area contributed by atoms with Gasteiger partial charge in [0, 0.05) is 26.7 Å². The van der Waals surface area contributed by atoms with Gasteiger partial charge in [-0.2, -0.15) is 0 Å². The van der Waals surface area contributed by atoms with Crippen LogP contribution in [0.25, 0.3) is 5.69 Å². The van der Waals surface area contributed by atoms with Gasteiger partial charge < -0.3 is 9.80 Å². The molecule has 3 aromatic rings. The monoisotopic (exact) mass is 421 g/mol. The molecule has 1 fully saturated rings. The maximum absolute atomic E-state index is 12.7. The van der Waals surface area contributed by atoms with E-state index >= 15 is 0 Å². The zero-order valence-corrected chi connectivity index (χ0v) is 18.3. The van der Waals surface area contributed by atoms with Crippen molar-refractivity contribution in [2.75, 3.05) is 30.8 Å². The molecule has 30 heavy (non-hydrogen) atoms. The number of aromatic nitrogens is 3. The summed E-state index contributed by atoms with van der Waals surface area (Å²) in [7, 11) is 1.84. The van der Waals surface area contributed by atoms with Crippen LogP contribution in [0.5, 0.6) is 0 Å². The normalized spacial score (nSPS) is 13.6. The van der Waals surface area contributed by atoms with Crippen LogP contribution in [0.2, 0.25) is 0 Å². The number of rotatable bonds is 7. The van der Waals surface area contributed by atoms with Crippen LogP contribution < -0.4 is 4.90 Å². The Balaban J connectivity index is 1.50. The second-order valence-corrected chi connectivity index (χ2v) is 8.61. The lowest BCUT2D eigenvalue weighted by Gasteiger charge is -2.19. The zero-order chi connectivity index (χ0) is 20.9. The van der Waals surface area contributed by atoms with Crippen molar-refractivity contribution in [3.8, 4) is 5.69 Å². The van der Waals surface area contributed by atoms with Gasteiger partial charge in [0.25, 0.3) is 0 Å². The van der Waals surface area contributed by atoms with Gasteiger partial charge in [0.15, 0.2) is 5.16 Å². The number of hydrogen-bond acceptors (Lipinski definition) is 5. The summed E-state index contributed by atoms with van der Waals surface area (Å²) >= 11 is 1.44. The van der Waals surface area contributed by atoms with Crippen molar-refractivity contribution in [2.45, 2.75) is 31.5 Å². The molecular formula is C23H27N5OS. The molecule has 156 valence electrons. The molecule has 0 unspecified atom stereocenters. The third-order valence-electron chi connectivity index (χ3n) is 5.31. The van der Waals surface area contributed by atoms with E-state index in [2.05, 4.69) is 50.9 Å². The zero-order valence-electron chi connectivity index (χ0n) is 17.5. The molecule has 1 aliphatic heterocycles. The lowest BCUT2D eigenvalue weighted by Crippen LogP contribution is -2.28. The SMILES string of the molecule is Cc1ccc(-n2c(SCC(=O)N(C)Cc3ccccc3)nnc2N2CCCC2)cc1. The van der Waals surface area contributed by atoms with Crippen molar-refractivity contribution in [3.05, 3.63) is 65.7 Å². The number of benzene rings is 2. The summed E-state index contributed by atoms with van der Waals surface area (Å²) < 4.78 is 2.08. The topological polar surface area (TPSA) is 54.3 Å². The Kier molecular flexibility index (Phi) is 6.38. The minimum Gasteiger partial charge on any atom is -0.341 e. The van der Waals surface area contributed by atoms with Gasteiger partial charge in [-0.1, -0.05) is 59.8 Å². The molecule has 7 heteroatoms. The minimum absolute atomic E-state index is 0.0741. The Hall–Kier alpha value is -2.80. The number of hydrogen-bond donors (Lipinski definition) is 0. The van der Waals surface area contributed by atoms with Crippen molar-refractivity contribution in [1.29, 1.82) is 0 Å². The molecule has 1 aromatic heterocycles. The van der Waals surface area contributed by atoms with Gasteiger partial charge in [-0.25, -0.2) is 0 Å². The van der Waals surface area contributed by atoms with E-state index in [4.69, 9.17) is 0 Å². The quantitative estimate of drug-likeness (QED) is 0.541. The molecule has 0 saturated carbocycles. The Morgan fingerprint density at radius 2 is 1.73 bits per heavy atom. The first-order chi connectivity index (χ1) is 14.6. The number of carbonyl (C=O) groups is 1. The van der Waals surface area contributed by atoms with Gasteiger partial charge in [-0.15, -0.1) is 10.2 Å². The van der Waals surface area contributed by atoms with Crippen LogP contribution in [0.3, 0.4) is 0 Å². The first-order valence-corrected chi connectivity index (χ1v) is 11.3. The third-order valence-corrected chi connectivity index (χ3v) is 6.22. The van der Waals surface area contributed by atoms with Crippen LogP contribution >= 0.6 is 11.8 Å². The molecular weight excluding hydrogens is 394 g/mol. The van der Waals surface area contributed by atoms with Crippen LogP contribution in [0.4, 0.5) is 5.95 Å². The molecule has 4 rings (SSSR count). The average molecular weight is 422 g/mol. The lowest BCUT2D eigenvalue weighted by atomic mass is 10.2. The smallest absolute Gasteiger partial charge is 0.233 e. The molecule has 1 aliphatic rings. The van der Waals surface area contributed by atoms with Gasteiger partial charge >= 0.3 is 0 Å². The number of carbonyl (C=O) groups excluding carboxylic acids is 1. The maximum Gasteiger partial charge on any atom is 0.233 e. The first-order valence-electron chi connectivity index (χ1n) is 10.3. The molecule has 0 radical (unpaired) electrons. The van der Waals surface area contributed by atoms with Crippen LogP contribution in [-0.2, 0) is 11.3 Å². The number of aryl methyl sites for hydroxylation is 1. The van der Waals surface area contributed by atoms with Gasteiger partial charge in [0.2, 0.25) is 11.9 Å². The molecule has 1 amide bonds. The third kappa shape index (κ3) is 4.67. The number of anilines is 1. The van der Waals surface area contributed by atoms with E-state index in [1.54, 1.807) is 4.90 Å². The molecule has 2 aromatic carbocycles. The fraction of sp³-hybridized carbons (Fsp3) is 0.348. The van der Waals surface area contributed by atoms with Crippen molar-refractivity contribution in [3.63, 3.8) is 0 Å². The molecule has 0 N–H and O–H groups in total. The summed E-state index contributed by atoms with van der Waals surface area (Å²) in [5.74, 6) is 1.27. The molecule has 2 heterocycles. The number of amides is 1. The molecule has 0 bridgehead atoms. The van der Waals surface area contributed by atoms with Gasteiger partial charge in [0.1, 0.15) is 0 Å². The Bertz CT molecular complexity index is 981. The van der Waals surface area contributed by atoms with Crippen LogP contribution in [-0.4, -0.2) is 51.5 Å².